The van der Waals surface area contributed by atoms with Crippen molar-refractivity contribution in [2.75, 3.05) is 14.2 Å². The van der Waals surface area contributed by atoms with E-state index in [0.29, 0.717) is 23.6 Å². The van der Waals surface area contributed by atoms with Crippen molar-refractivity contribution in [2.45, 2.75) is 6.54 Å². The topological polar surface area (TPSA) is 65.4 Å². The lowest BCUT2D eigenvalue weighted by Gasteiger charge is -2.09. The molecule has 3 rings (SSSR count). The molecule has 0 unspecified atom stereocenters. The molecule has 0 saturated carbocycles. The van der Waals surface area contributed by atoms with Crippen LogP contribution in [0.25, 0.3) is 5.69 Å². The SMILES string of the molecule is COc1cc(CNC(=O)c2cnn(-c3ccccc3)c2)cc(OC)c1. The van der Waals surface area contributed by atoms with Gasteiger partial charge in [-0.15, -0.1) is 0 Å². The molecule has 1 heterocycles. The second-order valence-corrected chi connectivity index (χ2v) is 5.41. The molecule has 0 spiro atoms. The lowest BCUT2D eigenvalue weighted by atomic mass is 10.2. The average molecular weight is 337 g/mol. The van der Waals surface area contributed by atoms with E-state index in [0.717, 1.165) is 11.3 Å². The van der Waals surface area contributed by atoms with Gasteiger partial charge in [-0.2, -0.15) is 5.10 Å². The second kappa shape index (κ2) is 7.53. The summed E-state index contributed by atoms with van der Waals surface area (Å²) in [6, 6.07) is 15.1. The van der Waals surface area contributed by atoms with E-state index in [2.05, 4.69) is 10.4 Å². The van der Waals surface area contributed by atoms with E-state index >= 15 is 0 Å². The van der Waals surface area contributed by atoms with Crippen molar-refractivity contribution in [2.24, 2.45) is 0 Å². The van der Waals surface area contributed by atoms with Crippen LogP contribution in [0.5, 0.6) is 11.5 Å². The summed E-state index contributed by atoms with van der Waals surface area (Å²) in [6.45, 7) is 0.364. The van der Waals surface area contributed by atoms with E-state index in [1.54, 1.807) is 37.4 Å². The highest BCUT2D eigenvalue weighted by molar-refractivity contribution is 5.93. The maximum absolute atomic E-state index is 12.3. The number of rotatable bonds is 6. The van der Waals surface area contributed by atoms with Crippen molar-refractivity contribution in [1.82, 2.24) is 15.1 Å². The molecular weight excluding hydrogens is 318 g/mol. The highest BCUT2D eigenvalue weighted by Crippen LogP contribution is 2.22. The molecule has 0 aliphatic rings. The largest absolute Gasteiger partial charge is 0.497 e. The Morgan fingerprint density at radius 3 is 2.40 bits per heavy atom. The molecule has 3 aromatic rings. The van der Waals surface area contributed by atoms with Gasteiger partial charge in [-0.3, -0.25) is 4.79 Å². The standard InChI is InChI=1S/C19H19N3O3/c1-24-17-8-14(9-18(10-17)25-2)11-20-19(23)15-12-21-22(13-15)16-6-4-3-5-7-16/h3-10,12-13H,11H2,1-2H3,(H,20,23). The van der Waals surface area contributed by atoms with Crippen LogP contribution in [-0.4, -0.2) is 29.9 Å². The van der Waals surface area contributed by atoms with Crippen LogP contribution in [0, 0.1) is 0 Å². The Morgan fingerprint density at radius 1 is 1.08 bits per heavy atom. The fourth-order valence-electron chi connectivity index (χ4n) is 2.41. The number of carbonyl (C=O) groups excluding carboxylic acids is 1. The number of benzene rings is 2. The maximum Gasteiger partial charge on any atom is 0.254 e. The number of nitrogens with one attached hydrogen (secondary N) is 1. The van der Waals surface area contributed by atoms with Gasteiger partial charge in [0.25, 0.3) is 5.91 Å². The number of aromatic nitrogens is 2. The van der Waals surface area contributed by atoms with Gasteiger partial charge in [0.05, 0.1) is 31.7 Å². The number of nitrogens with zero attached hydrogens (tertiary/aromatic N) is 2. The molecule has 0 radical (unpaired) electrons. The number of hydrogen-bond donors (Lipinski definition) is 1. The number of methoxy groups -OCH3 is 2. The predicted octanol–water partition coefficient (Wildman–Crippen LogP) is 2.82. The van der Waals surface area contributed by atoms with Crippen LogP contribution >= 0.6 is 0 Å². The van der Waals surface area contributed by atoms with Gasteiger partial charge in [0.15, 0.2) is 0 Å². The number of amides is 1. The molecule has 25 heavy (non-hydrogen) atoms. The summed E-state index contributed by atoms with van der Waals surface area (Å²) in [5.41, 5.74) is 2.29. The van der Waals surface area contributed by atoms with Crippen LogP contribution in [0.3, 0.4) is 0 Å². The smallest absolute Gasteiger partial charge is 0.254 e. The summed E-state index contributed by atoms with van der Waals surface area (Å²) >= 11 is 0. The van der Waals surface area contributed by atoms with Crippen molar-refractivity contribution in [3.05, 3.63) is 72.1 Å². The van der Waals surface area contributed by atoms with Crippen LogP contribution in [0.1, 0.15) is 15.9 Å². The lowest BCUT2D eigenvalue weighted by molar-refractivity contribution is 0.0951. The molecule has 1 amide bonds. The number of para-hydroxylation sites is 1. The summed E-state index contributed by atoms with van der Waals surface area (Å²) in [7, 11) is 3.18. The average Bonchev–Trinajstić information content (AvgIpc) is 3.16. The molecule has 6 heteroatoms. The zero-order valence-corrected chi connectivity index (χ0v) is 14.1. The Morgan fingerprint density at radius 2 is 1.76 bits per heavy atom. The van der Waals surface area contributed by atoms with E-state index < -0.39 is 0 Å². The Labute approximate surface area is 146 Å². The monoisotopic (exact) mass is 337 g/mol. The van der Waals surface area contributed by atoms with Gasteiger partial charge in [-0.05, 0) is 29.8 Å². The van der Waals surface area contributed by atoms with Crippen molar-refractivity contribution < 1.29 is 14.3 Å². The van der Waals surface area contributed by atoms with Gasteiger partial charge in [-0.25, -0.2) is 4.68 Å². The van der Waals surface area contributed by atoms with Gasteiger partial charge in [-0.1, -0.05) is 18.2 Å². The predicted molar refractivity (Wildman–Crippen MR) is 94.3 cm³/mol. The number of carbonyl (C=O) groups is 1. The third kappa shape index (κ3) is 3.98. The second-order valence-electron chi connectivity index (χ2n) is 5.41. The minimum absolute atomic E-state index is 0.191. The first-order chi connectivity index (χ1) is 12.2. The highest BCUT2D eigenvalue weighted by Gasteiger charge is 2.10. The molecule has 0 aliphatic carbocycles. The van der Waals surface area contributed by atoms with E-state index in [-0.39, 0.29) is 5.91 Å². The zero-order chi connectivity index (χ0) is 17.6. The van der Waals surface area contributed by atoms with Gasteiger partial charge in [0, 0.05) is 18.8 Å². The lowest BCUT2D eigenvalue weighted by Crippen LogP contribution is -2.22. The van der Waals surface area contributed by atoms with E-state index in [1.807, 2.05) is 42.5 Å². The van der Waals surface area contributed by atoms with Crippen LogP contribution < -0.4 is 14.8 Å². The molecule has 0 saturated heterocycles. The normalized spacial score (nSPS) is 10.3. The Hall–Kier alpha value is -3.28. The minimum atomic E-state index is -0.191. The fourth-order valence-corrected chi connectivity index (χ4v) is 2.41. The zero-order valence-electron chi connectivity index (χ0n) is 14.1. The molecular formula is C19H19N3O3. The molecule has 2 aromatic carbocycles. The van der Waals surface area contributed by atoms with Crippen LogP contribution in [0.15, 0.2) is 60.9 Å². The summed E-state index contributed by atoms with van der Waals surface area (Å²) < 4.78 is 12.1. The molecule has 6 nitrogen and oxygen atoms in total. The van der Waals surface area contributed by atoms with E-state index in [9.17, 15) is 4.79 Å². The van der Waals surface area contributed by atoms with Crippen molar-refractivity contribution >= 4 is 5.91 Å². The van der Waals surface area contributed by atoms with E-state index in [1.165, 1.54) is 0 Å². The molecule has 0 bridgehead atoms. The molecule has 128 valence electrons. The number of hydrogen-bond acceptors (Lipinski definition) is 4. The summed E-state index contributed by atoms with van der Waals surface area (Å²) in [6.07, 6.45) is 3.26. The molecule has 1 N–H and O–H groups in total. The summed E-state index contributed by atoms with van der Waals surface area (Å²) in [5, 5.41) is 7.11. The van der Waals surface area contributed by atoms with Gasteiger partial charge >= 0.3 is 0 Å². The maximum atomic E-state index is 12.3. The van der Waals surface area contributed by atoms with Crippen molar-refractivity contribution in [1.29, 1.82) is 0 Å². The van der Waals surface area contributed by atoms with Crippen LogP contribution in [0.4, 0.5) is 0 Å². The Balaban J connectivity index is 1.68. The van der Waals surface area contributed by atoms with E-state index in [4.69, 9.17) is 9.47 Å². The quantitative estimate of drug-likeness (QED) is 0.751. The Kier molecular flexibility index (Phi) is 4.99. The first-order valence-corrected chi connectivity index (χ1v) is 7.80. The molecule has 1 aromatic heterocycles. The Bertz CT molecular complexity index is 837. The molecule has 0 atom stereocenters. The number of ether oxygens (including phenoxy) is 2. The van der Waals surface area contributed by atoms with Crippen LogP contribution in [-0.2, 0) is 6.54 Å². The molecule has 0 fully saturated rings. The fraction of sp³-hybridized carbons (Fsp3) is 0.158. The van der Waals surface area contributed by atoms with Crippen LogP contribution in [0.2, 0.25) is 0 Å². The highest BCUT2D eigenvalue weighted by atomic mass is 16.5. The third-order valence-electron chi connectivity index (χ3n) is 3.73. The third-order valence-corrected chi connectivity index (χ3v) is 3.73. The van der Waals surface area contributed by atoms with Gasteiger partial charge in [0.2, 0.25) is 0 Å². The van der Waals surface area contributed by atoms with Crippen molar-refractivity contribution in [3.63, 3.8) is 0 Å². The summed E-state index contributed by atoms with van der Waals surface area (Å²) in [5.74, 6) is 1.17. The first-order valence-electron chi connectivity index (χ1n) is 7.80. The summed E-state index contributed by atoms with van der Waals surface area (Å²) in [4.78, 5) is 12.3. The van der Waals surface area contributed by atoms with Gasteiger partial charge < -0.3 is 14.8 Å². The first kappa shape index (κ1) is 16.6. The van der Waals surface area contributed by atoms with Crippen molar-refractivity contribution in [3.8, 4) is 17.2 Å². The molecule has 0 aliphatic heterocycles. The van der Waals surface area contributed by atoms with Gasteiger partial charge in [0.1, 0.15) is 11.5 Å². The minimum Gasteiger partial charge on any atom is -0.497 e.